The van der Waals surface area contributed by atoms with E-state index < -0.39 is 5.82 Å². The third kappa shape index (κ3) is 3.41. The number of benzene rings is 1. The smallest absolute Gasteiger partial charge is 0.228 e. The van der Waals surface area contributed by atoms with Crippen molar-refractivity contribution in [3.8, 4) is 0 Å². The van der Waals surface area contributed by atoms with Crippen molar-refractivity contribution in [2.45, 2.75) is 44.7 Å². The van der Waals surface area contributed by atoms with Crippen LogP contribution >= 0.6 is 11.6 Å². The summed E-state index contributed by atoms with van der Waals surface area (Å²) in [4.78, 5) is 28.2. The van der Waals surface area contributed by atoms with Crippen LogP contribution in [0.2, 0.25) is 5.02 Å². The third-order valence-electron chi connectivity index (χ3n) is 5.11. The third-order valence-corrected chi connectivity index (χ3v) is 5.46. The molecule has 1 aliphatic heterocycles. The summed E-state index contributed by atoms with van der Waals surface area (Å²) >= 11 is 6.03. The molecular formula is C18H22ClFN2O2. The Kier molecular flexibility index (Phi) is 5.09. The predicted molar refractivity (Wildman–Crippen MR) is 90.0 cm³/mol. The zero-order valence-electron chi connectivity index (χ0n) is 13.8. The molecule has 2 fully saturated rings. The van der Waals surface area contributed by atoms with Gasteiger partial charge >= 0.3 is 0 Å². The molecule has 1 aliphatic carbocycles. The standard InChI is InChI=1S/C18H22ClFN2O2/c1-21(11-14-15(19)7-4-8-16(14)20)18(24)12-9-17(23)22(10-12)13-5-2-3-6-13/h4,7-8,12-13H,2-3,5-6,9-11H2,1H3/t12-/m1/s1. The Hall–Kier alpha value is -1.62. The number of hydrogen-bond donors (Lipinski definition) is 0. The number of halogens is 2. The van der Waals surface area contributed by atoms with Gasteiger partial charge in [-0.15, -0.1) is 0 Å². The van der Waals surface area contributed by atoms with E-state index in [2.05, 4.69) is 0 Å². The van der Waals surface area contributed by atoms with Gasteiger partial charge in [-0.1, -0.05) is 30.5 Å². The molecular weight excluding hydrogens is 331 g/mol. The van der Waals surface area contributed by atoms with E-state index in [9.17, 15) is 14.0 Å². The highest BCUT2D eigenvalue weighted by Crippen LogP contribution is 2.30. The second-order valence-corrected chi connectivity index (χ2v) is 7.19. The molecule has 1 aromatic rings. The molecule has 0 N–H and O–H groups in total. The van der Waals surface area contributed by atoms with E-state index in [0.717, 1.165) is 25.7 Å². The van der Waals surface area contributed by atoms with Crippen molar-refractivity contribution in [2.75, 3.05) is 13.6 Å². The van der Waals surface area contributed by atoms with Gasteiger partial charge < -0.3 is 9.80 Å². The van der Waals surface area contributed by atoms with Crippen molar-refractivity contribution >= 4 is 23.4 Å². The van der Waals surface area contributed by atoms with Gasteiger partial charge in [0.05, 0.1) is 5.92 Å². The van der Waals surface area contributed by atoms with Gasteiger partial charge in [-0.3, -0.25) is 9.59 Å². The Balaban J connectivity index is 1.65. The lowest BCUT2D eigenvalue weighted by molar-refractivity contribution is -0.135. The SMILES string of the molecule is CN(Cc1c(F)cccc1Cl)C(=O)[C@@H]1CC(=O)N(C2CCCC2)C1. The first-order valence-corrected chi connectivity index (χ1v) is 8.82. The van der Waals surface area contributed by atoms with Gasteiger partial charge in [-0.25, -0.2) is 4.39 Å². The number of amides is 2. The van der Waals surface area contributed by atoms with Gasteiger partial charge in [0.2, 0.25) is 11.8 Å². The number of carbonyl (C=O) groups excluding carboxylic acids is 2. The Labute approximate surface area is 146 Å². The van der Waals surface area contributed by atoms with Crippen LogP contribution in [0.3, 0.4) is 0 Å². The van der Waals surface area contributed by atoms with Crippen molar-refractivity contribution in [1.82, 2.24) is 9.80 Å². The fourth-order valence-corrected chi connectivity index (χ4v) is 4.00. The molecule has 1 saturated heterocycles. The van der Waals surface area contributed by atoms with Crippen LogP contribution in [0.5, 0.6) is 0 Å². The van der Waals surface area contributed by atoms with Gasteiger partial charge in [0, 0.05) is 43.2 Å². The Morgan fingerprint density at radius 1 is 1.38 bits per heavy atom. The summed E-state index contributed by atoms with van der Waals surface area (Å²) < 4.78 is 13.9. The zero-order chi connectivity index (χ0) is 17.3. The van der Waals surface area contributed by atoms with Gasteiger partial charge in [-0.05, 0) is 25.0 Å². The summed E-state index contributed by atoms with van der Waals surface area (Å²) in [6, 6.07) is 4.78. The van der Waals surface area contributed by atoms with Crippen LogP contribution in [0.15, 0.2) is 18.2 Å². The van der Waals surface area contributed by atoms with E-state index in [1.165, 1.54) is 17.0 Å². The molecule has 0 unspecified atom stereocenters. The number of rotatable bonds is 4. The Morgan fingerprint density at radius 3 is 2.75 bits per heavy atom. The Bertz CT molecular complexity index is 626. The fraction of sp³-hybridized carbons (Fsp3) is 0.556. The lowest BCUT2D eigenvalue weighted by Crippen LogP contribution is -2.37. The van der Waals surface area contributed by atoms with Crippen LogP contribution in [-0.2, 0) is 16.1 Å². The minimum absolute atomic E-state index is 0.0672. The molecule has 3 rings (SSSR count). The molecule has 4 nitrogen and oxygen atoms in total. The monoisotopic (exact) mass is 352 g/mol. The summed E-state index contributed by atoms with van der Waals surface area (Å²) in [6.45, 7) is 0.593. The average molecular weight is 353 g/mol. The van der Waals surface area contributed by atoms with E-state index in [4.69, 9.17) is 11.6 Å². The first kappa shape index (κ1) is 17.2. The summed E-state index contributed by atoms with van der Waals surface area (Å²) in [5.74, 6) is -0.813. The first-order valence-electron chi connectivity index (χ1n) is 8.44. The lowest BCUT2D eigenvalue weighted by Gasteiger charge is -2.25. The van der Waals surface area contributed by atoms with E-state index in [1.807, 2.05) is 4.90 Å². The Morgan fingerprint density at radius 2 is 2.08 bits per heavy atom. The fourth-order valence-electron chi connectivity index (χ4n) is 3.78. The molecule has 24 heavy (non-hydrogen) atoms. The quantitative estimate of drug-likeness (QED) is 0.834. The number of nitrogens with zero attached hydrogens (tertiary/aromatic N) is 2. The van der Waals surface area contributed by atoms with Gasteiger partial charge in [0.15, 0.2) is 0 Å². The molecule has 0 aromatic heterocycles. The summed E-state index contributed by atoms with van der Waals surface area (Å²) in [7, 11) is 1.63. The highest BCUT2D eigenvalue weighted by molar-refractivity contribution is 6.31. The minimum Gasteiger partial charge on any atom is -0.341 e. The highest BCUT2D eigenvalue weighted by Gasteiger charge is 2.39. The molecule has 130 valence electrons. The summed E-state index contributed by atoms with van der Waals surface area (Å²) in [5, 5.41) is 0.310. The van der Waals surface area contributed by atoms with E-state index in [-0.39, 0.29) is 30.7 Å². The van der Waals surface area contributed by atoms with E-state index >= 15 is 0 Å². The number of hydrogen-bond acceptors (Lipinski definition) is 2. The van der Waals surface area contributed by atoms with Crippen LogP contribution in [0, 0.1) is 11.7 Å². The van der Waals surface area contributed by atoms with Gasteiger partial charge in [-0.2, -0.15) is 0 Å². The molecule has 1 saturated carbocycles. The van der Waals surface area contributed by atoms with Crippen molar-refractivity contribution in [1.29, 1.82) is 0 Å². The van der Waals surface area contributed by atoms with Gasteiger partial charge in [0.25, 0.3) is 0 Å². The van der Waals surface area contributed by atoms with Crippen LogP contribution in [-0.4, -0.2) is 41.2 Å². The maximum atomic E-state index is 13.9. The zero-order valence-corrected chi connectivity index (χ0v) is 14.6. The molecule has 2 aliphatic rings. The number of carbonyl (C=O) groups is 2. The van der Waals surface area contributed by atoms with Gasteiger partial charge in [0.1, 0.15) is 5.82 Å². The first-order chi connectivity index (χ1) is 11.5. The predicted octanol–water partition coefficient (Wildman–Crippen LogP) is 3.23. The maximum absolute atomic E-state index is 13.9. The van der Waals surface area contributed by atoms with Crippen molar-refractivity contribution in [3.05, 3.63) is 34.6 Å². The topological polar surface area (TPSA) is 40.6 Å². The van der Waals surface area contributed by atoms with Crippen LogP contribution in [0.4, 0.5) is 4.39 Å². The highest BCUT2D eigenvalue weighted by atomic mass is 35.5. The molecule has 1 aromatic carbocycles. The lowest BCUT2D eigenvalue weighted by atomic mass is 10.1. The summed E-state index contributed by atoms with van der Waals surface area (Å²) in [6.07, 6.45) is 4.63. The minimum atomic E-state index is -0.419. The molecule has 6 heteroatoms. The normalized spacial score (nSPS) is 21.5. The second kappa shape index (κ2) is 7.09. The van der Waals surface area contributed by atoms with Crippen LogP contribution in [0.25, 0.3) is 0 Å². The largest absolute Gasteiger partial charge is 0.341 e. The molecule has 0 spiro atoms. The van der Waals surface area contributed by atoms with Crippen molar-refractivity contribution in [3.63, 3.8) is 0 Å². The van der Waals surface area contributed by atoms with E-state index in [1.54, 1.807) is 13.1 Å². The molecule has 0 radical (unpaired) electrons. The molecule has 1 heterocycles. The maximum Gasteiger partial charge on any atom is 0.228 e. The average Bonchev–Trinajstić information content (AvgIpc) is 3.19. The van der Waals surface area contributed by atoms with Crippen molar-refractivity contribution in [2.24, 2.45) is 5.92 Å². The van der Waals surface area contributed by atoms with Crippen LogP contribution < -0.4 is 0 Å². The second-order valence-electron chi connectivity index (χ2n) is 6.78. The molecule has 1 atom stereocenters. The van der Waals surface area contributed by atoms with Crippen molar-refractivity contribution < 1.29 is 14.0 Å². The summed E-state index contributed by atoms with van der Waals surface area (Å²) in [5.41, 5.74) is 0.312. The van der Waals surface area contributed by atoms with E-state index in [0.29, 0.717) is 23.2 Å². The number of likely N-dealkylation sites (tertiary alicyclic amines) is 1. The molecule has 0 bridgehead atoms. The molecule has 2 amide bonds. The van der Waals surface area contributed by atoms with Crippen LogP contribution in [0.1, 0.15) is 37.7 Å².